The van der Waals surface area contributed by atoms with Crippen molar-refractivity contribution in [3.8, 4) is 0 Å². The molecule has 1 aliphatic rings. The van der Waals surface area contributed by atoms with Crippen LogP contribution in [0.4, 0.5) is 0 Å². The normalized spacial score (nSPS) is 20.1. The van der Waals surface area contributed by atoms with E-state index in [1.165, 1.54) is 31.5 Å². The van der Waals surface area contributed by atoms with Gasteiger partial charge in [-0.2, -0.15) is 0 Å². The van der Waals surface area contributed by atoms with Gasteiger partial charge in [0.1, 0.15) is 0 Å². The van der Waals surface area contributed by atoms with E-state index in [0.29, 0.717) is 5.92 Å². The van der Waals surface area contributed by atoms with E-state index in [9.17, 15) is 0 Å². The maximum Gasteiger partial charge on any atom is 0.191 e. The fraction of sp³-hybridized carbons (Fsp3) is 0.632. The maximum absolute atomic E-state index is 4.77. The molecule has 0 amide bonds. The molecule has 24 heavy (non-hydrogen) atoms. The Bertz CT molecular complexity index is 478. The van der Waals surface area contributed by atoms with Crippen molar-refractivity contribution in [1.82, 2.24) is 15.5 Å². The van der Waals surface area contributed by atoms with E-state index in [0.717, 1.165) is 31.5 Å². The van der Waals surface area contributed by atoms with Gasteiger partial charge in [0.2, 0.25) is 0 Å². The van der Waals surface area contributed by atoms with Gasteiger partial charge in [-0.05, 0) is 44.8 Å². The first-order valence-corrected chi connectivity index (χ1v) is 8.94. The zero-order chi connectivity index (χ0) is 16.5. The topological polar surface area (TPSA) is 39.7 Å². The van der Waals surface area contributed by atoms with E-state index in [-0.39, 0.29) is 24.0 Å². The Hall–Kier alpha value is -0.820. The van der Waals surface area contributed by atoms with Crippen molar-refractivity contribution in [3.05, 3.63) is 35.9 Å². The second-order valence-corrected chi connectivity index (χ2v) is 6.68. The SMILES string of the molecule is CCNC(=NCC(C)c1ccccc1)NCC1CCCN(C)C1.I. The van der Waals surface area contributed by atoms with Gasteiger partial charge in [0.15, 0.2) is 5.96 Å². The Kier molecular flexibility index (Phi) is 10.3. The number of hydrogen-bond acceptors (Lipinski definition) is 2. The molecule has 2 atom stereocenters. The van der Waals surface area contributed by atoms with Gasteiger partial charge in [0.25, 0.3) is 0 Å². The zero-order valence-corrected chi connectivity index (χ0v) is 17.6. The fourth-order valence-electron chi connectivity index (χ4n) is 3.14. The van der Waals surface area contributed by atoms with Crippen molar-refractivity contribution < 1.29 is 0 Å². The van der Waals surface area contributed by atoms with Crippen LogP contribution in [0.15, 0.2) is 35.3 Å². The third-order valence-electron chi connectivity index (χ3n) is 4.52. The average molecular weight is 444 g/mol. The quantitative estimate of drug-likeness (QED) is 0.402. The van der Waals surface area contributed by atoms with Gasteiger partial charge in [0, 0.05) is 32.1 Å². The molecule has 5 heteroatoms. The second kappa shape index (κ2) is 11.7. The number of halogens is 1. The fourth-order valence-corrected chi connectivity index (χ4v) is 3.14. The Balaban J connectivity index is 0.00000288. The molecule has 2 N–H and O–H groups in total. The number of likely N-dealkylation sites (tertiary alicyclic amines) is 1. The van der Waals surface area contributed by atoms with E-state index in [2.05, 4.69) is 66.8 Å². The van der Waals surface area contributed by atoms with E-state index in [4.69, 9.17) is 4.99 Å². The summed E-state index contributed by atoms with van der Waals surface area (Å²) in [5.41, 5.74) is 1.35. The molecule has 4 nitrogen and oxygen atoms in total. The summed E-state index contributed by atoms with van der Waals surface area (Å²) in [5.74, 6) is 2.11. The van der Waals surface area contributed by atoms with Crippen LogP contribution < -0.4 is 10.6 Å². The predicted octanol–water partition coefficient (Wildman–Crippen LogP) is 3.31. The first-order valence-electron chi connectivity index (χ1n) is 8.94. The number of nitrogens with zero attached hydrogens (tertiary/aromatic N) is 2. The summed E-state index contributed by atoms with van der Waals surface area (Å²) in [4.78, 5) is 7.20. The summed E-state index contributed by atoms with van der Waals surface area (Å²) < 4.78 is 0. The third kappa shape index (κ3) is 7.38. The highest BCUT2D eigenvalue weighted by atomic mass is 127. The number of piperidine rings is 1. The Labute approximate surface area is 164 Å². The summed E-state index contributed by atoms with van der Waals surface area (Å²) in [5, 5.41) is 6.90. The molecule has 0 aliphatic carbocycles. The first kappa shape index (κ1) is 21.2. The van der Waals surface area contributed by atoms with E-state index >= 15 is 0 Å². The summed E-state index contributed by atoms with van der Waals surface area (Å²) >= 11 is 0. The number of rotatable bonds is 6. The molecule has 1 aromatic rings. The molecular weight excluding hydrogens is 411 g/mol. The van der Waals surface area contributed by atoms with Crippen LogP contribution in [0.1, 0.15) is 38.2 Å². The van der Waals surface area contributed by atoms with Crippen molar-refractivity contribution >= 4 is 29.9 Å². The lowest BCUT2D eigenvalue weighted by Gasteiger charge is -2.30. The van der Waals surface area contributed by atoms with E-state index < -0.39 is 0 Å². The summed E-state index contributed by atoms with van der Waals surface area (Å²) in [6, 6.07) is 10.6. The molecule has 1 aromatic carbocycles. The van der Waals surface area contributed by atoms with E-state index in [1.807, 2.05) is 0 Å². The average Bonchev–Trinajstić information content (AvgIpc) is 2.58. The standard InChI is InChI=1S/C19H32N4.HI/c1-4-20-19(22-14-17-9-8-12-23(3)15-17)21-13-16(2)18-10-6-5-7-11-18;/h5-7,10-11,16-17H,4,8-9,12-15H2,1-3H3,(H2,20,21,22);1H. The molecular formula is C19H33IN4. The van der Waals surface area contributed by atoms with Gasteiger partial charge in [-0.15, -0.1) is 24.0 Å². The Morgan fingerprint density at radius 3 is 2.71 bits per heavy atom. The van der Waals surface area contributed by atoms with Crippen molar-refractivity contribution in [1.29, 1.82) is 0 Å². The summed E-state index contributed by atoms with van der Waals surface area (Å²) in [7, 11) is 2.22. The van der Waals surface area contributed by atoms with Crippen LogP contribution in [0.2, 0.25) is 0 Å². The first-order chi connectivity index (χ1) is 11.2. The lowest BCUT2D eigenvalue weighted by atomic mass is 9.98. The van der Waals surface area contributed by atoms with Crippen LogP contribution in [0, 0.1) is 5.92 Å². The van der Waals surface area contributed by atoms with Crippen LogP contribution in [-0.2, 0) is 0 Å². The molecule has 136 valence electrons. The Morgan fingerprint density at radius 1 is 1.29 bits per heavy atom. The van der Waals surface area contributed by atoms with Gasteiger partial charge < -0.3 is 15.5 Å². The van der Waals surface area contributed by atoms with Gasteiger partial charge >= 0.3 is 0 Å². The van der Waals surface area contributed by atoms with Crippen LogP contribution >= 0.6 is 24.0 Å². The molecule has 0 radical (unpaired) electrons. The van der Waals surface area contributed by atoms with Crippen molar-refractivity contribution in [2.45, 2.75) is 32.6 Å². The van der Waals surface area contributed by atoms with E-state index in [1.54, 1.807) is 0 Å². The largest absolute Gasteiger partial charge is 0.357 e. The minimum absolute atomic E-state index is 0. The van der Waals surface area contributed by atoms with Gasteiger partial charge in [-0.25, -0.2) is 0 Å². The number of nitrogens with one attached hydrogen (secondary N) is 2. The summed E-state index contributed by atoms with van der Waals surface area (Å²) in [6.45, 7) is 9.49. The monoisotopic (exact) mass is 444 g/mol. The number of hydrogen-bond donors (Lipinski definition) is 2. The predicted molar refractivity (Wildman–Crippen MR) is 114 cm³/mol. The molecule has 0 aromatic heterocycles. The van der Waals surface area contributed by atoms with Crippen LogP contribution in [0.3, 0.4) is 0 Å². The minimum atomic E-state index is 0. The van der Waals surface area contributed by atoms with Gasteiger partial charge in [0.05, 0.1) is 0 Å². The molecule has 0 spiro atoms. The number of benzene rings is 1. The van der Waals surface area contributed by atoms with Gasteiger partial charge in [-0.1, -0.05) is 37.3 Å². The molecule has 1 heterocycles. The second-order valence-electron chi connectivity index (χ2n) is 6.68. The lowest BCUT2D eigenvalue weighted by molar-refractivity contribution is 0.210. The Morgan fingerprint density at radius 2 is 2.04 bits per heavy atom. The van der Waals surface area contributed by atoms with Crippen LogP contribution in [-0.4, -0.2) is 50.6 Å². The van der Waals surface area contributed by atoms with Crippen molar-refractivity contribution in [3.63, 3.8) is 0 Å². The molecule has 1 saturated heterocycles. The minimum Gasteiger partial charge on any atom is -0.357 e. The van der Waals surface area contributed by atoms with Gasteiger partial charge in [-0.3, -0.25) is 4.99 Å². The molecule has 1 aliphatic heterocycles. The third-order valence-corrected chi connectivity index (χ3v) is 4.52. The molecule has 0 saturated carbocycles. The molecule has 2 rings (SSSR count). The number of aliphatic imine (C=N–C) groups is 1. The molecule has 1 fully saturated rings. The molecule has 0 bridgehead atoms. The molecule has 2 unspecified atom stereocenters. The zero-order valence-electron chi connectivity index (χ0n) is 15.3. The maximum atomic E-state index is 4.77. The summed E-state index contributed by atoms with van der Waals surface area (Å²) in [6.07, 6.45) is 2.62. The van der Waals surface area contributed by atoms with Crippen molar-refractivity contribution in [2.75, 3.05) is 39.8 Å². The lowest BCUT2D eigenvalue weighted by Crippen LogP contribution is -2.43. The van der Waals surface area contributed by atoms with Crippen LogP contribution in [0.25, 0.3) is 0 Å². The highest BCUT2D eigenvalue weighted by Crippen LogP contribution is 2.15. The smallest absolute Gasteiger partial charge is 0.191 e. The van der Waals surface area contributed by atoms with Crippen LogP contribution in [0.5, 0.6) is 0 Å². The van der Waals surface area contributed by atoms with Crippen molar-refractivity contribution in [2.24, 2.45) is 10.9 Å². The highest BCUT2D eigenvalue weighted by molar-refractivity contribution is 14.0. The number of guanidine groups is 1. The highest BCUT2D eigenvalue weighted by Gasteiger charge is 2.17.